The van der Waals surface area contributed by atoms with Crippen LogP contribution in [-0.4, -0.2) is 33.9 Å². The van der Waals surface area contributed by atoms with Crippen molar-refractivity contribution < 1.29 is 4.79 Å². The molecule has 3 atom stereocenters. The predicted octanol–water partition coefficient (Wildman–Crippen LogP) is 1.96. The van der Waals surface area contributed by atoms with Crippen LogP contribution in [0.15, 0.2) is 11.6 Å². The van der Waals surface area contributed by atoms with E-state index in [1.165, 1.54) is 25.7 Å². The summed E-state index contributed by atoms with van der Waals surface area (Å²) in [6, 6.07) is 1.11. The Balaban J connectivity index is 1.42. The van der Waals surface area contributed by atoms with E-state index < -0.39 is 0 Å². The molecule has 21 heavy (non-hydrogen) atoms. The van der Waals surface area contributed by atoms with Crippen molar-refractivity contribution in [3.63, 3.8) is 0 Å². The first-order valence-electron chi connectivity index (χ1n) is 7.69. The highest BCUT2D eigenvalue weighted by molar-refractivity contribution is 7.15. The molecule has 3 heterocycles. The molecule has 4 rings (SSSR count). The molecule has 1 aliphatic carbocycles. The molecule has 0 spiro atoms. The number of amides is 1. The number of carbonyl (C=O) groups excluding carboxylic acids is 1. The van der Waals surface area contributed by atoms with E-state index in [4.69, 9.17) is 0 Å². The number of imidazole rings is 1. The Bertz CT molecular complexity index is 664. The van der Waals surface area contributed by atoms with Gasteiger partial charge in [0.2, 0.25) is 0 Å². The minimum Gasteiger partial charge on any atom is -0.349 e. The first-order chi connectivity index (χ1) is 10.2. The third-order valence-corrected chi connectivity index (χ3v) is 5.61. The van der Waals surface area contributed by atoms with Gasteiger partial charge in [0, 0.05) is 30.2 Å². The van der Waals surface area contributed by atoms with Gasteiger partial charge in [0.25, 0.3) is 5.91 Å². The average molecular weight is 304 g/mol. The van der Waals surface area contributed by atoms with Crippen LogP contribution >= 0.6 is 11.3 Å². The van der Waals surface area contributed by atoms with Gasteiger partial charge in [-0.25, -0.2) is 4.98 Å². The van der Waals surface area contributed by atoms with Gasteiger partial charge in [-0.2, -0.15) is 0 Å². The third kappa shape index (κ3) is 2.26. The molecule has 0 aromatic carbocycles. The van der Waals surface area contributed by atoms with Crippen LogP contribution in [0.3, 0.4) is 0 Å². The average Bonchev–Trinajstić information content (AvgIpc) is 3.14. The van der Waals surface area contributed by atoms with E-state index in [-0.39, 0.29) is 5.91 Å². The number of fused-ring (bicyclic) bond motifs is 2. The number of thiazole rings is 1. The Hall–Kier alpha value is -1.40. The van der Waals surface area contributed by atoms with E-state index in [2.05, 4.69) is 15.6 Å². The van der Waals surface area contributed by atoms with Crippen LogP contribution in [-0.2, 0) is 0 Å². The van der Waals surface area contributed by atoms with E-state index in [0.717, 1.165) is 16.6 Å². The lowest BCUT2D eigenvalue weighted by Crippen LogP contribution is -2.40. The summed E-state index contributed by atoms with van der Waals surface area (Å²) in [5.41, 5.74) is 1.47. The Morgan fingerprint density at radius 2 is 2.48 bits per heavy atom. The smallest absolute Gasteiger partial charge is 0.270 e. The van der Waals surface area contributed by atoms with Crippen molar-refractivity contribution in [2.45, 2.75) is 44.7 Å². The quantitative estimate of drug-likeness (QED) is 0.911. The van der Waals surface area contributed by atoms with Gasteiger partial charge in [0.15, 0.2) is 4.96 Å². The lowest BCUT2D eigenvalue weighted by molar-refractivity contribution is 0.0943. The molecule has 2 N–H and O–H groups in total. The SMILES string of the molecule is Cc1nc2sccn2c1C(=O)NC[C@@H]1C[C@@H]2CCC[C@@H]2N1. The molecule has 1 amide bonds. The number of rotatable bonds is 3. The number of aryl methyl sites for hydroxylation is 1. The maximum atomic E-state index is 12.4. The van der Waals surface area contributed by atoms with Crippen LogP contribution in [0.4, 0.5) is 0 Å². The topological polar surface area (TPSA) is 58.4 Å². The van der Waals surface area contributed by atoms with Gasteiger partial charge in [-0.3, -0.25) is 9.20 Å². The molecule has 1 aliphatic heterocycles. The van der Waals surface area contributed by atoms with Crippen molar-refractivity contribution in [3.8, 4) is 0 Å². The van der Waals surface area contributed by atoms with Crippen LogP contribution in [0, 0.1) is 12.8 Å². The van der Waals surface area contributed by atoms with Crippen molar-refractivity contribution in [2.75, 3.05) is 6.54 Å². The van der Waals surface area contributed by atoms with Gasteiger partial charge < -0.3 is 10.6 Å². The molecule has 0 unspecified atom stereocenters. The molecule has 6 heteroatoms. The molecule has 1 saturated heterocycles. The highest BCUT2D eigenvalue weighted by atomic mass is 32.1. The fraction of sp³-hybridized carbons (Fsp3) is 0.600. The first-order valence-corrected chi connectivity index (χ1v) is 8.57. The maximum Gasteiger partial charge on any atom is 0.270 e. The van der Waals surface area contributed by atoms with Crippen molar-refractivity contribution >= 4 is 22.2 Å². The molecule has 0 bridgehead atoms. The van der Waals surface area contributed by atoms with Gasteiger partial charge >= 0.3 is 0 Å². The zero-order valence-corrected chi connectivity index (χ0v) is 12.9. The number of nitrogens with zero attached hydrogens (tertiary/aromatic N) is 2. The summed E-state index contributed by atoms with van der Waals surface area (Å²) in [5, 5.41) is 8.70. The number of aromatic nitrogens is 2. The summed E-state index contributed by atoms with van der Waals surface area (Å²) in [4.78, 5) is 17.8. The molecule has 2 aromatic rings. The number of nitrogens with one attached hydrogen (secondary N) is 2. The standard InChI is InChI=1S/C15H20N4OS/c1-9-13(19-5-6-21-15(19)17-9)14(20)16-8-11-7-10-3-2-4-12(10)18-11/h5-6,10-12,18H,2-4,7-8H2,1H3,(H,16,20)/t10-,11-,12-/m0/s1. The summed E-state index contributed by atoms with van der Waals surface area (Å²) in [7, 11) is 0. The number of hydrogen-bond donors (Lipinski definition) is 2. The van der Waals surface area contributed by atoms with E-state index in [0.29, 0.717) is 24.3 Å². The monoisotopic (exact) mass is 304 g/mol. The van der Waals surface area contributed by atoms with E-state index >= 15 is 0 Å². The van der Waals surface area contributed by atoms with Gasteiger partial charge in [-0.15, -0.1) is 11.3 Å². The van der Waals surface area contributed by atoms with E-state index in [1.54, 1.807) is 11.3 Å². The lowest BCUT2D eigenvalue weighted by Gasteiger charge is -2.14. The fourth-order valence-corrected chi connectivity index (χ4v) is 4.64. The molecule has 2 fully saturated rings. The molecular weight excluding hydrogens is 284 g/mol. The van der Waals surface area contributed by atoms with Crippen LogP contribution in [0.1, 0.15) is 41.9 Å². The Morgan fingerprint density at radius 3 is 3.33 bits per heavy atom. The Labute approximate surface area is 127 Å². The lowest BCUT2D eigenvalue weighted by atomic mass is 10.0. The summed E-state index contributed by atoms with van der Waals surface area (Å²) >= 11 is 1.55. The maximum absolute atomic E-state index is 12.4. The van der Waals surface area contributed by atoms with Crippen LogP contribution in [0.2, 0.25) is 0 Å². The molecule has 1 saturated carbocycles. The first kappa shape index (κ1) is 13.3. The highest BCUT2D eigenvalue weighted by Gasteiger charge is 2.36. The van der Waals surface area contributed by atoms with Crippen molar-refractivity contribution in [1.82, 2.24) is 20.0 Å². The number of carbonyl (C=O) groups is 1. The molecule has 5 nitrogen and oxygen atoms in total. The van der Waals surface area contributed by atoms with Gasteiger partial charge in [0.1, 0.15) is 5.69 Å². The predicted molar refractivity (Wildman–Crippen MR) is 82.8 cm³/mol. The van der Waals surface area contributed by atoms with Crippen LogP contribution in [0.5, 0.6) is 0 Å². The highest BCUT2D eigenvalue weighted by Crippen LogP contribution is 2.34. The van der Waals surface area contributed by atoms with Gasteiger partial charge in [0.05, 0.1) is 5.69 Å². The molecule has 112 valence electrons. The van der Waals surface area contributed by atoms with Crippen LogP contribution < -0.4 is 10.6 Å². The fourth-order valence-electron chi connectivity index (χ4n) is 3.88. The Morgan fingerprint density at radius 1 is 1.57 bits per heavy atom. The molecule has 0 radical (unpaired) electrons. The largest absolute Gasteiger partial charge is 0.349 e. The zero-order chi connectivity index (χ0) is 14.4. The van der Waals surface area contributed by atoms with Crippen molar-refractivity contribution in [3.05, 3.63) is 23.0 Å². The molecule has 2 aromatic heterocycles. The zero-order valence-electron chi connectivity index (χ0n) is 12.1. The summed E-state index contributed by atoms with van der Waals surface area (Å²) < 4.78 is 1.88. The molecular formula is C15H20N4OS. The normalized spacial score (nSPS) is 28.1. The second-order valence-electron chi connectivity index (χ2n) is 6.21. The second-order valence-corrected chi connectivity index (χ2v) is 7.08. The molecule has 2 aliphatic rings. The summed E-state index contributed by atoms with van der Waals surface area (Å²) in [6.45, 7) is 2.61. The van der Waals surface area contributed by atoms with E-state index in [1.807, 2.05) is 22.9 Å². The van der Waals surface area contributed by atoms with Gasteiger partial charge in [-0.1, -0.05) is 6.42 Å². The van der Waals surface area contributed by atoms with Crippen molar-refractivity contribution in [2.24, 2.45) is 5.92 Å². The third-order valence-electron chi connectivity index (χ3n) is 4.86. The van der Waals surface area contributed by atoms with Crippen LogP contribution in [0.25, 0.3) is 4.96 Å². The summed E-state index contributed by atoms with van der Waals surface area (Å²) in [6.07, 6.45) is 7.11. The van der Waals surface area contributed by atoms with Gasteiger partial charge in [-0.05, 0) is 32.1 Å². The van der Waals surface area contributed by atoms with Crippen molar-refractivity contribution in [1.29, 1.82) is 0 Å². The number of hydrogen-bond acceptors (Lipinski definition) is 4. The summed E-state index contributed by atoms with van der Waals surface area (Å²) in [5.74, 6) is 0.810. The minimum absolute atomic E-state index is 0.0164. The Kier molecular flexibility index (Phi) is 3.23. The van der Waals surface area contributed by atoms with E-state index in [9.17, 15) is 4.79 Å². The second kappa shape index (κ2) is 5.10. The minimum atomic E-state index is -0.0164.